The van der Waals surface area contributed by atoms with Gasteiger partial charge in [0.05, 0.1) is 36.8 Å². The monoisotopic (exact) mass is 564 g/mol. The maximum absolute atomic E-state index is 12.5. The zero-order chi connectivity index (χ0) is 26.6. The molecule has 0 saturated heterocycles. The number of halogens is 1. The first kappa shape index (κ1) is 25.9. The molecule has 0 aliphatic carbocycles. The van der Waals surface area contributed by atoms with Crippen LogP contribution in [-0.2, 0) is 13.6 Å². The molecule has 0 spiro atoms. The van der Waals surface area contributed by atoms with Gasteiger partial charge in [0, 0.05) is 22.6 Å². The second-order valence-corrected chi connectivity index (χ2v) is 9.96. The third kappa shape index (κ3) is 6.54. The van der Waals surface area contributed by atoms with Crippen molar-refractivity contribution in [1.82, 2.24) is 19.7 Å². The SMILES string of the molecule is Cn1ncc([N+](=O)[O-])c1C[N+](C)(C)C/C=C/C([O-])=Nc1ccc2ncnc(Nc3cccc(Br)c3)c2c1. The van der Waals surface area contributed by atoms with Crippen LogP contribution in [0.2, 0.25) is 0 Å². The summed E-state index contributed by atoms with van der Waals surface area (Å²) in [5.74, 6) is 0.190. The molecule has 11 nitrogen and oxygen atoms in total. The fourth-order valence-corrected chi connectivity index (χ4v) is 4.18. The highest BCUT2D eigenvalue weighted by Crippen LogP contribution is 2.28. The first-order valence-electron chi connectivity index (χ1n) is 11.3. The van der Waals surface area contributed by atoms with Crippen molar-refractivity contribution in [2.75, 3.05) is 26.0 Å². The van der Waals surface area contributed by atoms with Crippen LogP contribution in [0.3, 0.4) is 0 Å². The van der Waals surface area contributed by atoms with E-state index in [-0.39, 0.29) is 5.69 Å². The highest BCUT2D eigenvalue weighted by Gasteiger charge is 2.26. The molecule has 0 bridgehead atoms. The van der Waals surface area contributed by atoms with E-state index < -0.39 is 10.8 Å². The van der Waals surface area contributed by atoms with Crippen LogP contribution >= 0.6 is 15.9 Å². The number of nitrogens with one attached hydrogen (secondary N) is 1. The molecular formula is C25H25BrN8O3. The number of aryl methyl sites for hydroxylation is 1. The zero-order valence-electron chi connectivity index (χ0n) is 20.5. The fourth-order valence-electron chi connectivity index (χ4n) is 3.78. The number of hydrogen-bond acceptors (Lipinski definition) is 8. The number of quaternary nitrogens is 1. The van der Waals surface area contributed by atoms with Crippen molar-refractivity contribution in [2.24, 2.45) is 12.0 Å². The highest BCUT2D eigenvalue weighted by molar-refractivity contribution is 9.10. The number of likely N-dealkylation sites (N-methyl/N-ethyl adjacent to an activating group) is 1. The van der Waals surface area contributed by atoms with E-state index in [9.17, 15) is 15.2 Å². The van der Waals surface area contributed by atoms with E-state index in [0.29, 0.717) is 34.8 Å². The number of rotatable bonds is 9. The summed E-state index contributed by atoms with van der Waals surface area (Å²) in [6.07, 6.45) is 5.86. The van der Waals surface area contributed by atoms with Crippen molar-refractivity contribution in [2.45, 2.75) is 6.54 Å². The van der Waals surface area contributed by atoms with Crippen LogP contribution < -0.4 is 10.4 Å². The third-order valence-electron chi connectivity index (χ3n) is 5.62. The fraction of sp³-hybridized carbons (Fsp3) is 0.200. The van der Waals surface area contributed by atoms with Gasteiger partial charge in [0.1, 0.15) is 24.9 Å². The number of aromatic nitrogens is 4. The zero-order valence-corrected chi connectivity index (χ0v) is 22.1. The van der Waals surface area contributed by atoms with Crippen LogP contribution in [0.5, 0.6) is 0 Å². The van der Waals surface area contributed by atoms with Gasteiger partial charge in [-0.1, -0.05) is 22.0 Å². The van der Waals surface area contributed by atoms with Crippen molar-refractivity contribution in [1.29, 1.82) is 0 Å². The van der Waals surface area contributed by atoms with E-state index in [1.165, 1.54) is 23.3 Å². The van der Waals surface area contributed by atoms with Crippen molar-refractivity contribution >= 4 is 55.6 Å². The molecular weight excluding hydrogens is 540 g/mol. The molecule has 0 unspecified atom stereocenters. The third-order valence-corrected chi connectivity index (χ3v) is 6.11. The first-order chi connectivity index (χ1) is 17.6. The van der Waals surface area contributed by atoms with Crippen LogP contribution in [0.15, 0.2) is 76.6 Å². The van der Waals surface area contributed by atoms with E-state index in [0.717, 1.165) is 21.1 Å². The summed E-state index contributed by atoms with van der Waals surface area (Å²) >= 11 is 3.46. The molecule has 2 heterocycles. The smallest absolute Gasteiger partial charge is 0.316 e. The summed E-state index contributed by atoms with van der Waals surface area (Å²) in [5, 5.41) is 31.8. The van der Waals surface area contributed by atoms with Crippen molar-refractivity contribution < 1.29 is 14.5 Å². The second kappa shape index (κ2) is 10.8. The number of hydrogen-bond donors (Lipinski definition) is 1. The Bertz CT molecular complexity index is 1510. The summed E-state index contributed by atoms with van der Waals surface area (Å²) in [5.41, 5.74) is 2.56. The molecule has 0 fully saturated rings. The maximum Gasteiger partial charge on any atom is 0.316 e. The quantitative estimate of drug-likeness (QED) is 0.107. The Hall–Kier alpha value is -4.16. The molecule has 2 aromatic carbocycles. The Labute approximate surface area is 221 Å². The predicted molar refractivity (Wildman–Crippen MR) is 144 cm³/mol. The van der Waals surface area contributed by atoms with Crippen molar-refractivity contribution in [3.63, 3.8) is 0 Å². The van der Waals surface area contributed by atoms with Crippen LogP contribution in [-0.4, -0.2) is 55.7 Å². The number of fused-ring (bicyclic) bond motifs is 1. The van der Waals surface area contributed by atoms with E-state index in [1.54, 1.807) is 31.3 Å². The van der Waals surface area contributed by atoms with Gasteiger partial charge in [-0.3, -0.25) is 19.8 Å². The van der Waals surface area contributed by atoms with Crippen LogP contribution in [0.1, 0.15) is 5.69 Å². The van der Waals surface area contributed by atoms with Crippen LogP contribution in [0, 0.1) is 10.1 Å². The molecule has 0 saturated carbocycles. The summed E-state index contributed by atoms with van der Waals surface area (Å²) in [4.78, 5) is 23.7. The predicted octanol–water partition coefficient (Wildman–Crippen LogP) is 4.00. The molecule has 2 aromatic heterocycles. The van der Waals surface area contributed by atoms with E-state index in [4.69, 9.17) is 0 Å². The molecule has 4 rings (SSSR count). The van der Waals surface area contributed by atoms with Crippen LogP contribution in [0.4, 0.5) is 22.9 Å². The first-order valence-corrected chi connectivity index (χ1v) is 12.1. The molecule has 190 valence electrons. The lowest BCUT2D eigenvalue weighted by Gasteiger charge is -2.28. The van der Waals surface area contributed by atoms with Crippen LogP contribution in [0.25, 0.3) is 10.9 Å². The minimum atomic E-state index is -0.436. The number of nitro groups is 1. The van der Waals surface area contributed by atoms with Gasteiger partial charge in [0.15, 0.2) is 5.69 Å². The lowest BCUT2D eigenvalue weighted by molar-refractivity contribution is -0.898. The van der Waals surface area contributed by atoms with Gasteiger partial charge < -0.3 is 14.9 Å². The minimum Gasteiger partial charge on any atom is -0.859 e. The van der Waals surface area contributed by atoms with Crippen molar-refractivity contribution in [3.8, 4) is 0 Å². The van der Waals surface area contributed by atoms with Gasteiger partial charge in [-0.05, 0) is 54.4 Å². The summed E-state index contributed by atoms with van der Waals surface area (Å²) in [6.45, 7) is 0.844. The average Bonchev–Trinajstić information content (AvgIpc) is 3.19. The molecule has 0 amide bonds. The lowest BCUT2D eigenvalue weighted by Crippen LogP contribution is -2.39. The molecule has 4 aromatic rings. The molecule has 0 radical (unpaired) electrons. The Kier molecular flexibility index (Phi) is 7.60. The van der Waals surface area contributed by atoms with Crippen molar-refractivity contribution in [3.05, 3.63) is 87.4 Å². The molecule has 0 aliphatic heterocycles. The van der Waals surface area contributed by atoms with Gasteiger partial charge in [0.2, 0.25) is 0 Å². The van der Waals surface area contributed by atoms with Gasteiger partial charge in [-0.15, -0.1) is 0 Å². The summed E-state index contributed by atoms with van der Waals surface area (Å²) in [7, 11) is 5.52. The van der Waals surface area contributed by atoms with E-state index in [2.05, 4.69) is 41.3 Å². The minimum absolute atomic E-state index is 0.0159. The van der Waals surface area contributed by atoms with Gasteiger partial charge in [-0.25, -0.2) is 9.97 Å². The molecule has 12 heteroatoms. The number of nitrogens with zero attached hydrogens (tertiary/aromatic N) is 7. The Morgan fingerprint density at radius 1 is 1.24 bits per heavy atom. The Morgan fingerprint density at radius 3 is 2.81 bits per heavy atom. The van der Waals surface area contributed by atoms with Gasteiger partial charge >= 0.3 is 5.69 Å². The average molecular weight is 565 g/mol. The standard InChI is InChI=1S/C25H25BrN8O3/c1-32-23(22(14-29-32)33(36)37)15-34(2,3)11-5-8-24(35)30-19-9-10-21-20(13-19)25(28-16-27-21)31-18-7-4-6-17(26)12-18/h4-10,12-14,16H,11,15H2,1-3H3,(H-,27,28,30,31,35)/b8-5+. The van der Waals surface area contributed by atoms with Gasteiger partial charge in [-0.2, -0.15) is 5.10 Å². The lowest BCUT2D eigenvalue weighted by atomic mass is 10.2. The Morgan fingerprint density at radius 2 is 2.05 bits per heavy atom. The molecule has 37 heavy (non-hydrogen) atoms. The van der Waals surface area contributed by atoms with E-state index in [1.807, 2.05) is 38.4 Å². The van der Waals surface area contributed by atoms with E-state index >= 15 is 0 Å². The summed E-state index contributed by atoms with van der Waals surface area (Å²) < 4.78 is 2.83. The number of benzene rings is 2. The topological polar surface area (TPSA) is 134 Å². The normalized spacial score (nSPS) is 12.4. The molecule has 1 N–H and O–H groups in total. The largest absolute Gasteiger partial charge is 0.859 e. The number of anilines is 2. The summed E-state index contributed by atoms with van der Waals surface area (Å²) in [6, 6.07) is 13.0. The highest BCUT2D eigenvalue weighted by atomic mass is 79.9. The molecule has 0 aliphatic rings. The van der Waals surface area contributed by atoms with Gasteiger partial charge in [0.25, 0.3) is 0 Å². The number of aliphatic imine (C=N–C) groups is 1. The molecule has 0 atom stereocenters. The maximum atomic E-state index is 12.5. The second-order valence-electron chi connectivity index (χ2n) is 9.05. The Balaban J connectivity index is 1.49.